The van der Waals surface area contributed by atoms with E-state index in [0.29, 0.717) is 10.7 Å². The Morgan fingerprint density at radius 1 is 1.04 bits per heavy atom. The molecule has 0 unspecified atom stereocenters. The third-order valence-electron chi connectivity index (χ3n) is 5.29. The van der Waals surface area contributed by atoms with Crippen molar-refractivity contribution < 1.29 is 14.6 Å². The zero-order valence-electron chi connectivity index (χ0n) is 16.0. The number of amides is 2. The SMILES string of the molecule is C[C@@H](NC(=O)Nc1cccc(Cl)c1)[C@H](c1ccccc1)[NH+]1CC[NH+](C)CC1. The van der Waals surface area contributed by atoms with Gasteiger partial charge in [-0.25, -0.2) is 4.79 Å². The van der Waals surface area contributed by atoms with Gasteiger partial charge in [0.2, 0.25) is 0 Å². The lowest BCUT2D eigenvalue weighted by Gasteiger charge is -2.36. The smallest absolute Gasteiger partial charge is 0.319 e. The fourth-order valence-electron chi connectivity index (χ4n) is 3.87. The predicted octanol–water partition coefficient (Wildman–Crippen LogP) is 1.00. The summed E-state index contributed by atoms with van der Waals surface area (Å²) in [6.45, 7) is 6.61. The van der Waals surface area contributed by atoms with Crippen molar-refractivity contribution in [1.29, 1.82) is 0 Å². The number of quaternary nitrogens is 2. The standard InChI is InChI=1S/C21H27ClN4O/c1-16(23-21(27)24-19-10-6-9-18(22)15-19)20(17-7-4-3-5-8-17)26-13-11-25(2)12-14-26/h3-10,15-16,20H,11-14H2,1-2H3,(H2,23,24,27)/p+2/t16-,20-/m1/s1. The van der Waals surface area contributed by atoms with Gasteiger partial charge in [0.15, 0.2) is 0 Å². The largest absolute Gasteiger partial charge is 0.329 e. The predicted molar refractivity (Wildman–Crippen MR) is 110 cm³/mol. The molecule has 144 valence electrons. The summed E-state index contributed by atoms with van der Waals surface area (Å²) < 4.78 is 0. The Morgan fingerprint density at radius 3 is 2.41 bits per heavy atom. The van der Waals surface area contributed by atoms with Gasteiger partial charge >= 0.3 is 6.03 Å². The van der Waals surface area contributed by atoms with E-state index < -0.39 is 0 Å². The number of hydrogen-bond acceptors (Lipinski definition) is 1. The normalized spacial score (nSPS) is 21.9. The highest BCUT2D eigenvalue weighted by Gasteiger charge is 2.34. The summed E-state index contributed by atoms with van der Waals surface area (Å²) in [6, 6.07) is 17.7. The first-order valence-electron chi connectivity index (χ1n) is 9.57. The van der Waals surface area contributed by atoms with Crippen molar-refractivity contribution in [1.82, 2.24) is 5.32 Å². The number of hydrogen-bond donors (Lipinski definition) is 4. The zero-order valence-corrected chi connectivity index (χ0v) is 16.7. The van der Waals surface area contributed by atoms with Crippen molar-refractivity contribution in [2.45, 2.75) is 19.0 Å². The molecule has 4 N–H and O–H groups in total. The second-order valence-electron chi connectivity index (χ2n) is 7.40. The van der Waals surface area contributed by atoms with Crippen LogP contribution < -0.4 is 20.4 Å². The lowest BCUT2D eigenvalue weighted by Crippen LogP contribution is -3.27. The Bertz CT molecular complexity index is 747. The van der Waals surface area contributed by atoms with Gasteiger partial charge in [-0.2, -0.15) is 0 Å². The lowest BCUT2D eigenvalue weighted by molar-refractivity contribution is -1.02. The molecule has 2 amide bonds. The first-order chi connectivity index (χ1) is 13.0. The molecule has 3 rings (SSSR count). The Kier molecular flexibility index (Phi) is 6.72. The molecule has 0 radical (unpaired) electrons. The topological polar surface area (TPSA) is 50.0 Å². The van der Waals surface area contributed by atoms with Crippen LogP contribution in [0.15, 0.2) is 54.6 Å². The monoisotopic (exact) mass is 388 g/mol. The number of anilines is 1. The molecular formula is C21H29ClN4O+2. The van der Waals surface area contributed by atoms with Gasteiger partial charge in [-0.3, -0.25) is 0 Å². The number of rotatable bonds is 5. The molecule has 0 aromatic heterocycles. The third kappa shape index (κ3) is 5.45. The molecule has 0 bridgehead atoms. The quantitative estimate of drug-likeness (QED) is 0.607. The maximum absolute atomic E-state index is 12.5. The van der Waals surface area contributed by atoms with E-state index in [0.717, 1.165) is 26.2 Å². The molecule has 1 aliphatic rings. The number of carbonyl (C=O) groups excluding carboxylic acids is 1. The van der Waals surface area contributed by atoms with Gasteiger partial charge in [0, 0.05) is 16.3 Å². The summed E-state index contributed by atoms with van der Waals surface area (Å²) >= 11 is 6.00. The van der Waals surface area contributed by atoms with Gasteiger partial charge in [0.05, 0.1) is 13.1 Å². The van der Waals surface area contributed by atoms with Gasteiger partial charge in [-0.05, 0) is 25.1 Å². The fraction of sp³-hybridized carbons (Fsp3) is 0.381. The average Bonchev–Trinajstić information content (AvgIpc) is 2.64. The van der Waals surface area contributed by atoms with Gasteiger partial charge in [0.1, 0.15) is 32.2 Å². The van der Waals surface area contributed by atoms with Gasteiger partial charge < -0.3 is 20.4 Å². The molecule has 1 heterocycles. The number of benzene rings is 2. The van der Waals surface area contributed by atoms with Crippen molar-refractivity contribution in [2.24, 2.45) is 0 Å². The Labute approximate surface area is 166 Å². The summed E-state index contributed by atoms with van der Waals surface area (Å²) in [6.07, 6.45) is 0. The number of likely N-dealkylation sites (N-methyl/N-ethyl adjacent to an activating group) is 1. The summed E-state index contributed by atoms with van der Waals surface area (Å²) in [5.74, 6) is 0. The molecule has 0 aliphatic carbocycles. The second kappa shape index (κ2) is 9.22. The van der Waals surface area contributed by atoms with E-state index in [4.69, 9.17) is 11.6 Å². The van der Waals surface area contributed by atoms with Crippen LogP contribution in [0, 0.1) is 0 Å². The van der Waals surface area contributed by atoms with Gasteiger partial charge in [-0.1, -0.05) is 48.0 Å². The fourth-order valence-corrected chi connectivity index (χ4v) is 4.06. The van der Waals surface area contributed by atoms with Crippen molar-refractivity contribution in [3.8, 4) is 0 Å². The van der Waals surface area contributed by atoms with Crippen LogP contribution in [0.4, 0.5) is 10.5 Å². The third-order valence-corrected chi connectivity index (χ3v) is 5.52. The lowest BCUT2D eigenvalue weighted by atomic mass is 9.98. The van der Waals surface area contributed by atoms with Crippen LogP contribution in [0.3, 0.4) is 0 Å². The van der Waals surface area contributed by atoms with E-state index in [9.17, 15) is 4.79 Å². The molecule has 2 aromatic carbocycles. The molecule has 27 heavy (non-hydrogen) atoms. The molecule has 1 fully saturated rings. The minimum atomic E-state index is -0.204. The Hall–Kier alpha value is -2.08. The highest BCUT2D eigenvalue weighted by molar-refractivity contribution is 6.30. The molecular weight excluding hydrogens is 360 g/mol. The van der Waals surface area contributed by atoms with E-state index in [1.807, 2.05) is 18.2 Å². The minimum Gasteiger partial charge on any atom is -0.329 e. The number of nitrogens with one attached hydrogen (secondary N) is 4. The number of carbonyl (C=O) groups is 1. The first-order valence-corrected chi connectivity index (χ1v) is 9.94. The summed E-state index contributed by atoms with van der Waals surface area (Å²) in [4.78, 5) is 15.6. The van der Waals surface area contributed by atoms with Crippen LogP contribution in [0.2, 0.25) is 5.02 Å². The number of urea groups is 1. The summed E-state index contributed by atoms with van der Waals surface area (Å²) in [5, 5.41) is 6.62. The van der Waals surface area contributed by atoms with Crippen molar-refractivity contribution >= 4 is 23.3 Å². The molecule has 0 saturated carbocycles. The van der Waals surface area contributed by atoms with E-state index in [-0.39, 0.29) is 18.1 Å². The maximum Gasteiger partial charge on any atom is 0.319 e. The van der Waals surface area contributed by atoms with E-state index in [1.54, 1.807) is 17.0 Å². The first kappa shape index (κ1) is 19.7. The zero-order chi connectivity index (χ0) is 19.2. The highest BCUT2D eigenvalue weighted by atomic mass is 35.5. The van der Waals surface area contributed by atoms with Crippen LogP contribution in [-0.2, 0) is 0 Å². The maximum atomic E-state index is 12.5. The van der Waals surface area contributed by atoms with Crippen molar-refractivity contribution in [3.05, 3.63) is 65.2 Å². The van der Waals surface area contributed by atoms with Crippen molar-refractivity contribution in [3.63, 3.8) is 0 Å². The average molecular weight is 389 g/mol. The molecule has 1 aliphatic heterocycles. The number of piperazine rings is 1. The molecule has 2 atom stereocenters. The molecule has 1 saturated heterocycles. The van der Waals surface area contributed by atoms with E-state index >= 15 is 0 Å². The van der Waals surface area contributed by atoms with E-state index in [2.05, 4.69) is 48.9 Å². The Balaban J connectivity index is 1.70. The summed E-state index contributed by atoms with van der Waals surface area (Å²) in [7, 11) is 2.24. The molecule has 6 heteroatoms. The number of halogens is 1. The minimum absolute atomic E-state index is 0.00000898. The second-order valence-corrected chi connectivity index (χ2v) is 7.84. The van der Waals surface area contributed by atoms with Crippen LogP contribution in [0.1, 0.15) is 18.5 Å². The van der Waals surface area contributed by atoms with Gasteiger partial charge in [0.25, 0.3) is 0 Å². The van der Waals surface area contributed by atoms with Crippen molar-refractivity contribution in [2.75, 3.05) is 38.5 Å². The van der Waals surface area contributed by atoms with Crippen LogP contribution >= 0.6 is 11.6 Å². The van der Waals surface area contributed by atoms with Crippen LogP contribution in [0.25, 0.3) is 0 Å². The molecule has 2 aromatic rings. The van der Waals surface area contributed by atoms with Crippen LogP contribution in [-0.4, -0.2) is 45.3 Å². The summed E-state index contributed by atoms with van der Waals surface area (Å²) in [5.41, 5.74) is 1.96. The van der Waals surface area contributed by atoms with Crippen LogP contribution in [0.5, 0.6) is 0 Å². The highest BCUT2D eigenvalue weighted by Crippen LogP contribution is 2.16. The molecule has 5 nitrogen and oxygen atoms in total. The van der Waals surface area contributed by atoms with Gasteiger partial charge in [-0.15, -0.1) is 0 Å². The molecule has 0 spiro atoms. The Morgan fingerprint density at radius 2 is 1.74 bits per heavy atom. The van der Waals surface area contributed by atoms with E-state index in [1.165, 1.54) is 10.5 Å².